The van der Waals surface area contributed by atoms with E-state index in [2.05, 4.69) is 32.0 Å². The van der Waals surface area contributed by atoms with Crippen molar-refractivity contribution >= 4 is 44.3 Å². The van der Waals surface area contributed by atoms with Crippen LogP contribution in [0, 0.1) is 27.3 Å². The number of nitro benzene ring substituents is 1. The zero-order chi connectivity index (χ0) is 24.9. The lowest BCUT2D eigenvalue weighted by Gasteiger charge is -2.14. The van der Waals surface area contributed by atoms with Gasteiger partial charge in [-0.3, -0.25) is 10.1 Å². The molecule has 0 unspecified atom stereocenters. The fourth-order valence-corrected chi connectivity index (χ4v) is 3.77. The number of hydrogen-bond donors (Lipinski definition) is 1. The lowest BCUT2D eigenvalue weighted by atomic mass is 10.1. The normalized spacial score (nSPS) is 11.3. The van der Waals surface area contributed by atoms with Crippen molar-refractivity contribution in [2.45, 2.75) is 13.5 Å². The Morgan fingerprint density at radius 3 is 2.63 bits per heavy atom. The van der Waals surface area contributed by atoms with Gasteiger partial charge in [-0.2, -0.15) is 5.26 Å². The summed E-state index contributed by atoms with van der Waals surface area (Å²) in [6.45, 7) is 2.41. The number of nitriles is 1. The highest BCUT2D eigenvalue weighted by Gasteiger charge is 2.14. The van der Waals surface area contributed by atoms with E-state index in [1.54, 1.807) is 36.4 Å². The van der Waals surface area contributed by atoms with E-state index in [9.17, 15) is 19.8 Å². The first-order valence-corrected chi connectivity index (χ1v) is 11.3. The third-order valence-corrected chi connectivity index (χ3v) is 5.71. The molecule has 0 saturated carbocycles. The zero-order valence-electron chi connectivity index (χ0n) is 18.4. The van der Waals surface area contributed by atoms with E-state index in [-0.39, 0.29) is 17.9 Å². The second-order valence-corrected chi connectivity index (χ2v) is 8.24. The average Bonchev–Trinajstić information content (AvgIpc) is 3.26. The molecule has 0 spiro atoms. The largest absolute Gasteiger partial charge is 0.490 e. The Balaban J connectivity index is 1.62. The molecule has 0 fully saturated rings. The van der Waals surface area contributed by atoms with E-state index >= 15 is 0 Å². The highest BCUT2D eigenvalue weighted by atomic mass is 79.9. The number of imidazole rings is 1. The third kappa shape index (κ3) is 5.47. The molecule has 0 aliphatic rings. The summed E-state index contributed by atoms with van der Waals surface area (Å²) in [5.41, 5.74) is 2.71. The Morgan fingerprint density at radius 1 is 1.20 bits per heavy atom. The van der Waals surface area contributed by atoms with Gasteiger partial charge in [-0.05, 0) is 66.6 Å². The lowest BCUT2D eigenvalue weighted by Crippen LogP contribution is -2.01. The molecule has 0 radical (unpaired) electrons. The van der Waals surface area contributed by atoms with E-state index in [1.807, 2.05) is 6.92 Å². The number of ether oxygens (including phenoxy) is 2. The van der Waals surface area contributed by atoms with Crippen LogP contribution in [0.1, 0.15) is 23.9 Å². The Kier molecular flexibility index (Phi) is 7.08. The predicted octanol–water partition coefficient (Wildman–Crippen LogP) is 6.41. The molecule has 1 heterocycles. The second-order valence-electron chi connectivity index (χ2n) is 7.38. The molecule has 0 aliphatic carbocycles. The molecule has 1 N–H and O–H groups in total. The van der Waals surface area contributed by atoms with Gasteiger partial charge < -0.3 is 14.5 Å². The van der Waals surface area contributed by atoms with Crippen LogP contribution < -0.4 is 9.47 Å². The molecule has 8 nitrogen and oxygen atoms in total. The van der Waals surface area contributed by atoms with Gasteiger partial charge in [0.2, 0.25) is 0 Å². The van der Waals surface area contributed by atoms with Crippen molar-refractivity contribution in [1.29, 1.82) is 5.26 Å². The van der Waals surface area contributed by atoms with Gasteiger partial charge >= 0.3 is 0 Å². The molecule has 176 valence electrons. The topological polar surface area (TPSA) is 114 Å². The van der Waals surface area contributed by atoms with Crippen molar-refractivity contribution in [2.75, 3.05) is 6.61 Å². The highest BCUT2D eigenvalue weighted by molar-refractivity contribution is 9.10. The standard InChI is InChI=1S/C25H18BrFN4O4/c1-2-34-23-10-16(9-17(13-28)25-29-21-8-5-18(27)11-22(21)30-25)20(26)12-24(23)35-14-15-3-6-19(7-4-15)31(32)33/h3-12H,2,14H2,1H3,(H,29,30)/b17-9-. The van der Waals surface area contributed by atoms with Crippen molar-refractivity contribution in [3.8, 4) is 17.6 Å². The Morgan fingerprint density at radius 2 is 1.94 bits per heavy atom. The number of allylic oxidation sites excluding steroid dienone is 1. The summed E-state index contributed by atoms with van der Waals surface area (Å²) in [5.74, 6) is 0.847. The van der Waals surface area contributed by atoms with Gasteiger partial charge in [0.15, 0.2) is 11.5 Å². The van der Waals surface area contributed by atoms with Crippen LogP contribution in [0.3, 0.4) is 0 Å². The minimum absolute atomic E-state index is 0.00512. The van der Waals surface area contributed by atoms with Crippen molar-refractivity contribution in [3.63, 3.8) is 0 Å². The molecule has 0 bridgehead atoms. The average molecular weight is 537 g/mol. The zero-order valence-corrected chi connectivity index (χ0v) is 20.0. The Hall–Kier alpha value is -4.23. The predicted molar refractivity (Wildman–Crippen MR) is 132 cm³/mol. The number of rotatable bonds is 8. The van der Waals surface area contributed by atoms with Crippen LogP contribution in [-0.2, 0) is 6.61 Å². The third-order valence-electron chi connectivity index (χ3n) is 5.02. The molecular weight excluding hydrogens is 519 g/mol. The maximum atomic E-state index is 13.5. The van der Waals surface area contributed by atoms with Crippen LogP contribution >= 0.6 is 15.9 Å². The van der Waals surface area contributed by atoms with E-state index in [0.717, 1.165) is 5.56 Å². The van der Waals surface area contributed by atoms with Crippen LogP contribution in [0.5, 0.6) is 11.5 Å². The molecular formula is C25H18BrFN4O4. The molecule has 4 rings (SSSR count). The van der Waals surface area contributed by atoms with Crippen LogP contribution in [0.25, 0.3) is 22.7 Å². The number of fused-ring (bicyclic) bond motifs is 1. The maximum absolute atomic E-state index is 13.5. The molecule has 1 aromatic heterocycles. The smallest absolute Gasteiger partial charge is 0.269 e. The number of nitrogens with zero attached hydrogens (tertiary/aromatic N) is 3. The molecule has 0 aliphatic heterocycles. The molecule has 35 heavy (non-hydrogen) atoms. The van der Waals surface area contributed by atoms with Crippen molar-refractivity contribution in [1.82, 2.24) is 9.97 Å². The summed E-state index contributed by atoms with van der Waals surface area (Å²) in [4.78, 5) is 17.7. The summed E-state index contributed by atoms with van der Waals surface area (Å²) in [6, 6.07) is 15.9. The molecule has 4 aromatic rings. The van der Waals surface area contributed by atoms with E-state index in [0.29, 0.717) is 45.0 Å². The van der Waals surface area contributed by atoms with Crippen LogP contribution in [0.15, 0.2) is 59.1 Å². The minimum Gasteiger partial charge on any atom is -0.490 e. The van der Waals surface area contributed by atoms with Crippen LogP contribution in [-0.4, -0.2) is 21.5 Å². The monoisotopic (exact) mass is 536 g/mol. The first kappa shape index (κ1) is 23.9. The highest BCUT2D eigenvalue weighted by Crippen LogP contribution is 2.36. The molecule has 0 amide bonds. The lowest BCUT2D eigenvalue weighted by molar-refractivity contribution is -0.384. The first-order chi connectivity index (χ1) is 16.9. The Bertz CT molecular complexity index is 1480. The maximum Gasteiger partial charge on any atom is 0.269 e. The number of non-ortho nitro benzene ring substituents is 1. The van der Waals surface area contributed by atoms with Gasteiger partial charge in [0, 0.05) is 16.6 Å². The van der Waals surface area contributed by atoms with E-state index in [1.165, 1.54) is 24.3 Å². The van der Waals surface area contributed by atoms with Crippen LogP contribution in [0.2, 0.25) is 0 Å². The van der Waals surface area contributed by atoms with Crippen LogP contribution in [0.4, 0.5) is 10.1 Å². The van der Waals surface area contributed by atoms with Crippen molar-refractivity contribution in [2.24, 2.45) is 0 Å². The summed E-state index contributed by atoms with van der Waals surface area (Å²) >= 11 is 3.51. The number of halogens is 2. The number of aromatic amines is 1. The number of nitro groups is 1. The SMILES string of the molecule is CCOc1cc(/C=C(/C#N)c2nc3ccc(F)cc3[nH]2)c(Br)cc1OCc1ccc([N+](=O)[O-])cc1. The molecule has 10 heteroatoms. The second kappa shape index (κ2) is 10.4. The number of nitrogens with one attached hydrogen (secondary N) is 1. The summed E-state index contributed by atoms with van der Waals surface area (Å²) < 4.78 is 25.8. The fraction of sp³-hybridized carbons (Fsp3) is 0.120. The molecule has 0 saturated heterocycles. The van der Waals surface area contributed by atoms with Gasteiger partial charge in [-0.1, -0.05) is 15.9 Å². The quantitative estimate of drug-likeness (QED) is 0.158. The fourth-order valence-electron chi connectivity index (χ4n) is 3.34. The van der Waals surface area contributed by atoms with Crippen molar-refractivity contribution < 1.29 is 18.8 Å². The van der Waals surface area contributed by atoms with Gasteiger partial charge in [0.05, 0.1) is 28.1 Å². The summed E-state index contributed by atoms with van der Waals surface area (Å²) in [7, 11) is 0. The number of hydrogen-bond acceptors (Lipinski definition) is 6. The minimum atomic E-state index is -0.458. The van der Waals surface area contributed by atoms with Gasteiger partial charge in [-0.15, -0.1) is 0 Å². The number of H-pyrrole nitrogens is 1. The number of benzene rings is 3. The van der Waals surface area contributed by atoms with Gasteiger partial charge in [-0.25, -0.2) is 9.37 Å². The number of aromatic nitrogens is 2. The van der Waals surface area contributed by atoms with E-state index < -0.39 is 10.7 Å². The van der Waals surface area contributed by atoms with Gasteiger partial charge in [0.1, 0.15) is 24.3 Å². The molecule has 0 atom stereocenters. The summed E-state index contributed by atoms with van der Waals surface area (Å²) in [5, 5.41) is 20.6. The molecule has 3 aromatic carbocycles. The Labute approximate surface area is 207 Å². The van der Waals surface area contributed by atoms with E-state index in [4.69, 9.17) is 9.47 Å². The first-order valence-electron chi connectivity index (χ1n) is 10.5. The van der Waals surface area contributed by atoms with Crippen molar-refractivity contribution in [3.05, 3.63) is 92.0 Å². The summed E-state index contributed by atoms with van der Waals surface area (Å²) in [6.07, 6.45) is 1.64. The van der Waals surface area contributed by atoms with Gasteiger partial charge in [0.25, 0.3) is 5.69 Å².